The van der Waals surface area contributed by atoms with Crippen LogP contribution in [-0.2, 0) is 25.6 Å². The zero-order valence-corrected chi connectivity index (χ0v) is 28.7. The van der Waals surface area contributed by atoms with Gasteiger partial charge in [-0.1, -0.05) is 74.9 Å². The second-order valence-corrected chi connectivity index (χ2v) is 14.1. The Bertz CT molecular complexity index is 1210. The van der Waals surface area contributed by atoms with E-state index in [0.29, 0.717) is 32.4 Å². The maximum Gasteiger partial charge on any atom is 0.408 e. The minimum atomic E-state index is -0.682. The lowest BCUT2D eigenvalue weighted by Crippen LogP contribution is -2.45. The number of carbonyl (C=O) groups excluding carboxylic acids is 3. The molecule has 1 unspecified atom stereocenters. The van der Waals surface area contributed by atoms with E-state index < -0.39 is 29.3 Å². The van der Waals surface area contributed by atoms with E-state index in [1.165, 1.54) is 0 Å². The molecule has 0 saturated heterocycles. The molecule has 0 aliphatic carbocycles. The number of hydrogen-bond donors (Lipinski definition) is 3. The van der Waals surface area contributed by atoms with Gasteiger partial charge in [-0.2, -0.15) is 0 Å². The fourth-order valence-corrected chi connectivity index (χ4v) is 5.72. The average Bonchev–Trinajstić information content (AvgIpc) is 2.95. The van der Waals surface area contributed by atoms with Crippen LogP contribution in [-0.4, -0.2) is 41.6 Å². The summed E-state index contributed by atoms with van der Waals surface area (Å²) in [5.41, 5.74) is 12.9. The molecule has 0 aliphatic rings. The molecule has 1 amide bonds. The lowest BCUT2D eigenvalue weighted by molar-refractivity contribution is -0.154. The molecular formula is C37H59N3O5. The van der Waals surface area contributed by atoms with Gasteiger partial charge in [0.25, 0.3) is 0 Å². The summed E-state index contributed by atoms with van der Waals surface area (Å²) in [5.74, 6) is -0.545. The summed E-state index contributed by atoms with van der Waals surface area (Å²) in [6.45, 7) is 11.9. The topological polar surface area (TPSA) is 134 Å². The second kappa shape index (κ2) is 18.9. The first kappa shape index (κ1) is 38.2. The number of alkyl carbamates (subject to hydrolysis) is 1. The Morgan fingerprint density at radius 1 is 0.733 bits per heavy atom. The molecule has 0 saturated carbocycles. The van der Waals surface area contributed by atoms with Crippen molar-refractivity contribution in [1.82, 2.24) is 5.32 Å². The summed E-state index contributed by atoms with van der Waals surface area (Å²) in [6.07, 6.45) is 9.47. The number of Topliss-reactive ketones (excluding diaryl/α,β-unsaturated/α-hetero) is 1. The van der Waals surface area contributed by atoms with Crippen LogP contribution in [0.2, 0.25) is 0 Å². The van der Waals surface area contributed by atoms with Crippen LogP contribution in [0, 0.1) is 0 Å². The monoisotopic (exact) mass is 625 g/mol. The van der Waals surface area contributed by atoms with Crippen LogP contribution < -0.4 is 16.8 Å². The van der Waals surface area contributed by atoms with Crippen molar-refractivity contribution in [3.05, 3.63) is 47.5 Å². The second-order valence-electron chi connectivity index (χ2n) is 14.1. The number of carbonyl (C=O) groups is 3. The highest BCUT2D eigenvalue weighted by atomic mass is 16.6. The Hall–Kier alpha value is -2.97. The summed E-state index contributed by atoms with van der Waals surface area (Å²) in [7, 11) is 0. The van der Waals surface area contributed by atoms with Gasteiger partial charge in [0.15, 0.2) is 5.78 Å². The SMILES string of the molecule is CC(C)(C)OC(=O)CCCCCCCCCC(C(=O)[C@H](CCCCN)NC(=O)OC(C)(C)C)c1ccc2ccccc2c1CN. The van der Waals surface area contributed by atoms with Crippen molar-refractivity contribution in [3.8, 4) is 0 Å². The van der Waals surface area contributed by atoms with Crippen LogP contribution in [0.4, 0.5) is 4.79 Å². The largest absolute Gasteiger partial charge is 0.460 e. The first-order chi connectivity index (χ1) is 21.3. The van der Waals surface area contributed by atoms with Crippen LogP contribution >= 0.6 is 0 Å². The minimum Gasteiger partial charge on any atom is -0.460 e. The van der Waals surface area contributed by atoms with Crippen LogP contribution in [0.15, 0.2) is 36.4 Å². The first-order valence-electron chi connectivity index (χ1n) is 16.9. The van der Waals surface area contributed by atoms with Gasteiger partial charge in [-0.25, -0.2) is 4.79 Å². The number of amides is 1. The van der Waals surface area contributed by atoms with E-state index in [1.807, 2.05) is 59.7 Å². The number of fused-ring (bicyclic) bond motifs is 1. The van der Waals surface area contributed by atoms with Crippen molar-refractivity contribution in [2.45, 2.75) is 148 Å². The third kappa shape index (κ3) is 14.3. The number of rotatable bonds is 19. The van der Waals surface area contributed by atoms with Crippen molar-refractivity contribution >= 4 is 28.6 Å². The van der Waals surface area contributed by atoms with Crippen LogP contribution in [0.5, 0.6) is 0 Å². The number of nitrogens with two attached hydrogens (primary N) is 2. The van der Waals surface area contributed by atoms with Crippen molar-refractivity contribution < 1.29 is 23.9 Å². The molecule has 2 aromatic rings. The standard InChI is InChI=1S/C37H59N3O5/c1-36(2,3)44-33(41)22-13-11-9-7-8-10-12-20-30(29-24-23-27-18-14-15-19-28(27)31(29)26-39)34(42)32(21-16-17-25-38)40-35(43)45-37(4,5)6/h14-15,18-19,23-24,30,32H,7-13,16-17,20-22,25-26,38-39H2,1-6H3,(H,40,43)/t30?,32-/m0/s1. The minimum absolute atomic E-state index is 0.00925. The molecule has 8 nitrogen and oxygen atoms in total. The Kier molecular flexibility index (Phi) is 16.0. The molecule has 5 N–H and O–H groups in total. The number of esters is 1. The Morgan fingerprint density at radius 2 is 1.33 bits per heavy atom. The zero-order chi connectivity index (χ0) is 33.5. The lowest BCUT2D eigenvalue weighted by atomic mass is 9.81. The molecule has 2 rings (SSSR count). The molecule has 0 aromatic heterocycles. The predicted octanol–water partition coefficient (Wildman–Crippen LogP) is 7.83. The summed E-state index contributed by atoms with van der Waals surface area (Å²) >= 11 is 0. The van der Waals surface area contributed by atoms with E-state index in [2.05, 4.69) is 23.5 Å². The molecule has 0 heterocycles. The maximum absolute atomic E-state index is 14.3. The highest BCUT2D eigenvalue weighted by molar-refractivity contribution is 5.95. The van der Waals surface area contributed by atoms with Crippen molar-refractivity contribution in [2.75, 3.05) is 6.54 Å². The summed E-state index contributed by atoms with van der Waals surface area (Å²) in [6, 6.07) is 11.5. The highest BCUT2D eigenvalue weighted by Crippen LogP contribution is 2.33. The van der Waals surface area contributed by atoms with Gasteiger partial charge in [0.2, 0.25) is 0 Å². The van der Waals surface area contributed by atoms with Crippen molar-refractivity contribution in [2.24, 2.45) is 11.5 Å². The third-order valence-electron chi connectivity index (χ3n) is 7.77. The maximum atomic E-state index is 14.3. The summed E-state index contributed by atoms with van der Waals surface area (Å²) in [5, 5.41) is 5.04. The average molecular weight is 626 g/mol. The fourth-order valence-electron chi connectivity index (χ4n) is 5.72. The molecular weight excluding hydrogens is 566 g/mol. The van der Waals surface area contributed by atoms with E-state index in [1.54, 1.807) is 0 Å². The number of nitrogens with one attached hydrogen (secondary N) is 1. The van der Waals surface area contributed by atoms with E-state index in [9.17, 15) is 14.4 Å². The third-order valence-corrected chi connectivity index (χ3v) is 7.77. The van der Waals surface area contributed by atoms with Crippen molar-refractivity contribution in [3.63, 3.8) is 0 Å². The lowest BCUT2D eigenvalue weighted by Gasteiger charge is -2.27. The molecule has 45 heavy (non-hydrogen) atoms. The Morgan fingerprint density at radius 3 is 1.96 bits per heavy atom. The highest BCUT2D eigenvalue weighted by Gasteiger charge is 2.32. The molecule has 0 aliphatic heterocycles. The predicted molar refractivity (Wildman–Crippen MR) is 183 cm³/mol. The van der Waals surface area contributed by atoms with Gasteiger partial charge < -0.3 is 26.3 Å². The molecule has 0 radical (unpaired) electrons. The zero-order valence-electron chi connectivity index (χ0n) is 28.7. The van der Waals surface area contributed by atoms with E-state index in [0.717, 1.165) is 79.7 Å². The van der Waals surface area contributed by atoms with Crippen LogP contribution in [0.1, 0.15) is 136 Å². The number of ketones is 1. The first-order valence-corrected chi connectivity index (χ1v) is 16.9. The smallest absolute Gasteiger partial charge is 0.408 e. The van der Waals surface area contributed by atoms with Crippen LogP contribution in [0.25, 0.3) is 10.8 Å². The van der Waals surface area contributed by atoms with Crippen LogP contribution in [0.3, 0.4) is 0 Å². The van der Waals surface area contributed by atoms with E-state index in [4.69, 9.17) is 20.9 Å². The van der Waals surface area contributed by atoms with Crippen molar-refractivity contribution in [1.29, 1.82) is 0 Å². The molecule has 0 fully saturated rings. The Balaban J connectivity index is 2.13. The number of ether oxygens (including phenoxy) is 2. The Labute approximate surface area is 271 Å². The van der Waals surface area contributed by atoms with Gasteiger partial charge in [0, 0.05) is 18.9 Å². The molecule has 8 heteroatoms. The number of unbranched alkanes of at least 4 members (excludes halogenated alkanes) is 7. The van der Waals surface area contributed by atoms with Gasteiger partial charge in [-0.15, -0.1) is 0 Å². The quantitative estimate of drug-likeness (QED) is 0.107. The molecule has 2 aromatic carbocycles. The number of hydrogen-bond acceptors (Lipinski definition) is 7. The fraction of sp³-hybridized carbons (Fsp3) is 0.649. The molecule has 252 valence electrons. The molecule has 0 bridgehead atoms. The van der Waals surface area contributed by atoms with E-state index >= 15 is 0 Å². The molecule has 0 spiro atoms. The van der Waals surface area contributed by atoms with Gasteiger partial charge >= 0.3 is 12.1 Å². The molecule has 2 atom stereocenters. The van der Waals surface area contributed by atoms with Gasteiger partial charge in [0.1, 0.15) is 11.2 Å². The van der Waals surface area contributed by atoms with Gasteiger partial charge in [-0.05, 0) is 102 Å². The van der Waals surface area contributed by atoms with Gasteiger partial charge in [0.05, 0.1) is 6.04 Å². The normalized spacial score (nSPS) is 13.3. The van der Waals surface area contributed by atoms with Gasteiger partial charge in [-0.3, -0.25) is 9.59 Å². The van der Waals surface area contributed by atoms with E-state index in [-0.39, 0.29) is 11.8 Å². The summed E-state index contributed by atoms with van der Waals surface area (Å²) < 4.78 is 10.9. The summed E-state index contributed by atoms with van der Waals surface area (Å²) in [4.78, 5) is 39.1. The number of benzene rings is 2.